The lowest BCUT2D eigenvalue weighted by atomic mass is 9.85. The van der Waals surface area contributed by atoms with Crippen LogP contribution in [0.5, 0.6) is 0 Å². The molecule has 2 saturated carbocycles. The van der Waals surface area contributed by atoms with Crippen LogP contribution in [0.25, 0.3) is 0 Å². The van der Waals surface area contributed by atoms with E-state index in [-0.39, 0.29) is 6.10 Å². The molecule has 2 aliphatic carbocycles. The summed E-state index contributed by atoms with van der Waals surface area (Å²) in [5, 5.41) is 13.6. The van der Waals surface area contributed by atoms with Crippen LogP contribution >= 0.6 is 0 Å². The van der Waals surface area contributed by atoms with E-state index in [1.807, 2.05) is 0 Å². The lowest BCUT2D eigenvalue weighted by molar-refractivity contribution is 0.0801. The van der Waals surface area contributed by atoms with Gasteiger partial charge in [-0.3, -0.25) is 0 Å². The van der Waals surface area contributed by atoms with Crippen molar-refractivity contribution in [2.45, 2.75) is 76.5 Å². The summed E-state index contributed by atoms with van der Waals surface area (Å²) in [7, 11) is 0. The highest BCUT2D eigenvalue weighted by Crippen LogP contribution is 2.26. The maximum Gasteiger partial charge on any atom is 0.0693 e. The van der Waals surface area contributed by atoms with Crippen molar-refractivity contribution in [1.29, 1.82) is 0 Å². The van der Waals surface area contributed by atoms with E-state index in [4.69, 9.17) is 0 Å². The second-order valence-corrected chi connectivity index (χ2v) is 5.58. The van der Waals surface area contributed by atoms with Gasteiger partial charge < -0.3 is 10.4 Å². The Kier molecular flexibility index (Phi) is 4.04. The van der Waals surface area contributed by atoms with Crippen molar-refractivity contribution in [1.82, 2.24) is 5.32 Å². The van der Waals surface area contributed by atoms with Gasteiger partial charge in [-0.15, -0.1) is 0 Å². The largest absolute Gasteiger partial charge is 0.392 e. The molecule has 2 rings (SSSR count). The Labute approximate surface area is 93.5 Å². The normalized spacial score (nSPS) is 42.8. The fourth-order valence-electron chi connectivity index (χ4n) is 3.04. The zero-order chi connectivity index (χ0) is 10.7. The first-order chi connectivity index (χ1) is 7.25. The van der Waals surface area contributed by atoms with E-state index in [1.54, 1.807) is 0 Å². The Morgan fingerprint density at radius 3 is 2.27 bits per heavy atom. The standard InChI is InChI=1S/C13H25NO/c1-10-6-8-11(9-7-10)14-12-4-2-3-5-13(12)15/h10-15H,2-9H2,1H3. The highest BCUT2D eigenvalue weighted by atomic mass is 16.3. The highest BCUT2D eigenvalue weighted by Gasteiger charge is 2.26. The van der Waals surface area contributed by atoms with Gasteiger partial charge in [-0.1, -0.05) is 19.8 Å². The van der Waals surface area contributed by atoms with E-state index in [9.17, 15) is 5.11 Å². The fourth-order valence-corrected chi connectivity index (χ4v) is 3.04. The molecule has 0 radical (unpaired) electrons. The summed E-state index contributed by atoms with van der Waals surface area (Å²) in [5.74, 6) is 0.916. The molecule has 88 valence electrons. The molecule has 0 spiro atoms. The van der Waals surface area contributed by atoms with Crippen LogP contribution in [0.2, 0.25) is 0 Å². The molecule has 2 fully saturated rings. The quantitative estimate of drug-likeness (QED) is 0.735. The van der Waals surface area contributed by atoms with Gasteiger partial charge in [0.25, 0.3) is 0 Å². The monoisotopic (exact) mass is 211 g/mol. The molecular weight excluding hydrogens is 186 g/mol. The van der Waals surface area contributed by atoms with Crippen LogP contribution in [-0.2, 0) is 0 Å². The van der Waals surface area contributed by atoms with E-state index < -0.39 is 0 Å². The topological polar surface area (TPSA) is 32.3 Å². The van der Waals surface area contributed by atoms with Crippen molar-refractivity contribution < 1.29 is 5.11 Å². The van der Waals surface area contributed by atoms with Crippen molar-refractivity contribution >= 4 is 0 Å². The fraction of sp³-hybridized carbons (Fsp3) is 1.00. The lowest BCUT2D eigenvalue weighted by Gasteiger charge is -2.35. The average molecular weight is 211 g/mol. The zero-order valence-corrected chi connectivity index (χ0v) is 9.91. The summed E-state index contributed by atoms with van der Waals surface area (Å²) in [6.45, 7) is 2.35. The van der Waals surface area contributed by atoms with Crippen molar-refractivity contribution in [2.75, 3.05) is 0 Å². The summed E-state index contributed by atoms with van der Waals surface area (Å²) in [6.07, 6.45) is 9.93. The molecular formula is C13H25NO. The maximum atomic E-state index is 9.89. The Bertz CT molecular complexity index is 187. The van der Waals surface area contributed by atoms with Crippen LogP contribution in [0.15, 0.2) is 0 Å². The zero-order valence-electron chi connectivity index (χ0n) is 9.91. The first kappa shape index (κ1) is 11.4. The third-order valence-corrected chi connectivity index (χ3v) is 4.20. The van der Waals surface area contributed by atoms with Crippen molar-refractivity contribution in [3.63, 3.8) is 0 Å². The van der Waals surface area contributed by atoms with E-state index in [0.29, 0.717) is 12.1 Å². The minimum atomic E-state index is -0.0851. The minimum absolute atomic E-state index is 0.0851. The lowest BCUT2D eigenvalue weighted by Crippen LogP contribution is -2.48. The van der Waals surface area contributed by atoms with Crippen LogP contribution in [0, 0.1) is 5.92 Å². The van der Waals surface area contributed by atoms with E-state index in [2.05, 4.69) is 12.2 Å². The summed E-state index contributed by atoms with van der Waals surface area (Å²) in [4.78, 5) is 0. The highest BCUT2D eigenvalue weighted by molar-refractivity contribution is 4.85. The van der Waals surface area contributed by atoms with Gasteiger partial charge in [0, 0.05) is 12.1 Å². The van der Waals surface area contributed by atoms with E-state index in [0.717, 1.165) is 12.3 Å². The third-order valence-electron chi connectivity index (χ3n) is 4.20. The number of hydrogen-bond acceptors (Lipinski definition) is 2. The molecule has 2 N–H and O–H groups in total. The maximum absolute atomic E-state index is 9.89. The molecule has 0 aromatic rings. The van der Waals surface area contributed by atoms with Gasteiger partial charge in [-0.2, -0.15) is 0 Å². The van der Waals surface area contributed by atoms with Crippen molar-refractivity contribution in [3.8, 4) is 0 Å². The molecule has 0 heterocycles. The first-order valence-electron chi connectivity index (χ1n) is 6.70. The molecule has 2 atom stereocenters. The first-order valence-corrected chi connectivity index (χ1v) is 6.70. The molecule has 0 aromatic heterocycles. The molecule has 0 aromatic carbocycles. The molecule has 2 heteroatoms. The Balaban J connectivity index is 1.75. The van der Waals surface area contributed by atoms with Crippen molar-refractivity contribution in [2.24, 2.45) is 5.92 Å². The molecule has 2 nitrogen and oxygen atoms in total. The molecule has 15 heavy (non-hydrogen) atoms. The number of nitrogens with one attached hydrogen (secondary N) is 1. The molecule has 0 amide bonds. The van der Waals surface area contributed by atoms with Gasteiger partial charge in [0.15, 0.2) is 0 Å². The smallest absolute Gasteiger partial charge is 0.0693 e. The van der Waals surface area contributed by atoms with Crippen LogP contribution in [0.1, 0.15) is 58.3 Å². The van der Waals surface area contributed by atoms with Gasteiger partial charge in [0.1, 0.15) is 0 Å². The molecule has 2 aliphatic rings. The molecule has 2 unspecified atom stereocenters. The summed E-state index contributed by atoms with van der Waals surface area (Å²) >= 11 is 0. The second kappa shape index (κ2) is 5.31. The second-order valence-electron chi connectivity index (χ2n) is 5.58. The number of aliphatic hydroxyl groups is 1. The predicted molar refractivity (Wildman–Crippen MR) is 62.8 cm³/mol. The Hall–Kier alpha value is -0.0800. The van der Waals surface area contributed by atoms with Gasteiger partial charge in [-0.05, 0) is 44.4 Å². The predicted octanol–water partition coefficient (Wildman–Crippen LogP) is 2.46. The number of hydrogen-bond donors (Lipinski definition) is 2. The molecule has 0 aliphatic heterocycles. The Morgan fingerprint density at radius 1 is 0.933 bits per heavy atom. The van der Waals surface area contributed by atoms with Gasteiger partial charge in [0.05, 0.1) is 6.10 Å². The van der Waals surface area contributed by atoms with Crippen LogP contribution < -0.4 is 5.32 Å². The molecule has 0 bridgehead atoms. The SMILES string of the molecule is CC1CCC(NC2CCCCC2O)CC1. The average Bonchev–Trinajstić information content (AvgIpc) is 2.25. The third kappa shape index (κ3) is 3.18. The van der Waals surface area contributed by atoms with Crippen LogP contribution in [-0.4, -0.2) is 23.3 Å². The Morgan fingerprint density at radius 2 is 1.60 bits per heavy atom. The van der Waals surface area contributed by atoms with Crippen LogP contribution in [0.4, 0.5) is 0 Å². The summed E-state index contributed by atoms with van der Waals surface area (Å²) < 4.78 is 0. The van der Waals surface area contributed by atoms with Gasteiger partial charge >= 0.3 is 0 Å². The summed E-state index contributed by atoms with van der Waals surface area (Å²) in [6, 6.07) is 1.07. The van der Waals surface area contributed by atoms with E-state index in [1.165, 1.54) is 44.9 Å². The van der Waals surface area contributed by atoms with Crippen LogP contribution in [0.3, 0.4) is 0 Å². The van der Waals surface area contributed by atoms with E-state index >= 15 is 0 Å². The molecule has 0 saturated heterocycles. The van der Waals surface area contributed by atoms with Crippen molar-refractivity contribution in [3.05, 3.63) is 0 Å². The van der Waals surface area contributed by atoms with Gasteiger partial charge in [0.2, 0.25) is 0 Å². The minimum Gasteiger partial charge on any atom is -0.392 e. The number of rotatable bonds is 2. The van der Waals surface area contributed by atoms with Gasteiger partial charge in [-0.25, -0.2) is 0 Å². The summed E-state index contributed by atoms with van der Waals surface area (Å²) in [5.41, 5.74) is 0. The number of aliphatic hydroxyl groups excluding tert-OH is 1.